The van der Waals surface area contributed by atoms with Crippen LogP contribution in [0.2, 0.25) is 10.0 Å². The maximum absolute atomic E-state index is 15.4. The second-order valence-corrected chi connectivity index (χ2v) is 43.1. The fourth-order valence-corrected chi connectivity index (χ4v) is 24.0. The maximum Gasteiger partial charge on any atom is 0.380 e. The minimum absolute atomic E-state index is 0. The lowest BCUT2D eigenvalue weighted by Gasteiger charge is -2.25. The molecule has 0 unspecified atom stereocenters. The summed E-state index contributed by atoms with van der Waals surface area (Å²) >= 11 is 27.2. The van der Waals surface area contributed by atoms with Crippen LogP contribution in [0.1, 0.15) is 113 Å². The molecule has 4 aliphatic rings. The van der Waals surface area contributed by atoms with Gasteiger partial charge in [-0.25, -0.2) is 0 Å². The number of aryl methyl sites for hydroxylation is 11. The second-order valence-electron chi connectivity index (χ2n) is 29.8. The maximum atomic E-state index is 15.4. The van der Waals surface area contributed by atoms with Crippen molar-refractivity contribution in [1.82, 2.24) is 0 Å². The average molecular weight is 2090 g/mol. The van der Waals surface area contributed by atoms with Crippen molar-refractivity contribution in [3.63, 3.8) is 0 Å². The molecule has 0 fully saturated rings. The summed E-state index contributed by atoms with van der Waals surface area (Å²) in [4.78, 5) is 6.36. The lowest BCUT2D eigenvalue weighted by atomic mass is 9.94. The second kappa shape index (κ2) is 33.7. The van der Waals surface area contributed by atoms with Crippen molar-refractivity contribution >= 4 is 196 Å². The summed E-state index contributed by atoms with van der Waals surface area (Å²) in [5.41, 5.74) is -10.2. The van der Waals surface area contributed by atoms with Crippen molar-refractivity contribution < 1.29 is 108 Å². The number of alkyl halides is 24. The van der Waals surface area contributed by atoms with E-state index in [2.05, 4.69) is 38.4 Å². The van der Waals surface area contributed by atoms with Crippen LogP contribution in [0, 0.1) is 69.2 Å². The molecule has 0 nitrogen and oxygen atoms in total. The molecule has 0 spiro atoms. The first kappa shape index (κ1) is 96.6. The summed E-state index contributed by atoms with van der Waals surface area (Å²) in [6, 6.07) is 37.1. The van der Waals surface area contributed by atoms with Crippen LogP contribution < -0.4 is 0 Å². The number of hydrogen-bond donors (Lipinski definition) is 0. The summed E-state index contributed by atoms with van der Waals surface area (Å²) in [5.74, 6) is -62.6. The third-order valence-electron chi connectivity index (χ3n) is 21.4. The van der Waals surface area contributed by atoms with E-state index in [9.17, 15) is 70.2 Å². The van der Waals surface area contributed by atoms with Crippen molar-refractivity contribution in [2.24, 2.45) is 0 Å². The first-order chi connectivity index (χ1) is 58.2. The molecule has 0 N–H and O–H groups in total. The molecular formula is C90H66Br2Cl2F24S8. The molecule has 0 amide bonds. The van der Waals surface area contributed by atoms with Crippen LogP contribution in [-0.4, -0.2) is 71.1 Å². The van der Waals surface area contributed by atoms with E-state index in [1.807, 2.05) is 0 Å². The fourth-order valence-electron chi connectivity index (χ4n) is 15.4. The van der Waals surface area contributed by atoms with E-state index in [4.69, 9.17) is 23.2 Å². The van der Waals surface area contributed by atoms with Crippen molar-refractivity contribution in [2.75, 3.05) is 0 Å². The Kier molecular flexibility index (Phi) is 25.8. The number of allylic oxidation sites excluding steroid dienone is 8. The Balaban J connectivity index is 0.000000167. The molecule has 126 heavy (non-hydrogen) atoms. The predicted octanol–water partition coefficient (Wildman–Crippen LogP) is 36.8. The third kappa shape index (κ3) is 15.7. The van der Waals surface area contributed by atoms with Gasteiger partial charge in [0.05, 0.1) is 0 Å². The summed E-state index contributed by atoms with van der Waals surface area (Å²) in [7, 11) is 0. The van der Waals surface area contributed by atoms with E-state index in [1.165, 1.54) is 96.1 Å². The van der Waals surface area contributed by atoms with E-state index in [0.29, 0.717) is 85.9 Å². The van der Waals surface area contributed by atoms with Gasteiger partial charge in [-0.2, -0.15) is 105 Å². The third-order valence-corrected chi connectivity index (χ3v) is 31.5. The number of halogens is 28. The van der Waals surface area contributed by atoms with Crippen LogP contribution in [0.4, 0.5) is 105 Å². The molecule has 8 heterocycles. The van der Waals surface area contributed by atoms with Gasteiger partial charge in [-0.3, -0.25) is 0 Å². The highest BCUT2D eigenvalue weighted by atomic mass is 79.9. The molecule has 4 aliphatic carbocycles. The Morgan fingerprint density at radius 1 is 0.278 bits per heavy atom. The monoisotopic (exact) mass is 2090 g/mol. The molecule has 8 aromatic heterocycles. The molecule has 0 saturated carbocycles. The van der Waals surface area contributed by atoms with Crippen molar-refractivity contribution in [3.05, 3.63) is 274 Å². The van der Waals surface area contributed by atoms with Crippen LogP contribution in [0.25, 0.3) is 92.4 Å². The molecule has 12 aromatic rings. The molecule has 670 valence electrons. The van der Waals surface area contributed by atoms with E-state index < -0.39 is 116 Å². The zero-order chi connectivity index (χ0) is 93.1. The Bertz CT molecular complexity index is 5890. The molecule has 16 rings (SSSR count). The molecular weight excluding hydrogens is 2020 g/mol. The number of hydrogen-bond acceptors (Lipinski definition) is 8. The molecule has 0 bridgehead atoms. The smallest absolute Gasteiger partial charge is 0.194 e. The summed E-state index contributed by atoms with van der Waals surface area (Å²) in [5, 5.41) is 0.904. The van der Waals surface area contributed by atoms with E-state index in [-0.39, 0.29) is 78.2 Å². The predicted molar refractivity (Wildman–Crippen MR) is 479 cm³/mol. The molecule has 0 atom stereocenters. The van der Waals surface area contributed by atoms with Gasteiger partial charge in [0.1, 0.15) is 0 Å². The van der Waals surface area contributed by atoms with Gasteiger partial charge in [0.15, 0.2) is 0 Å². The van der Waals surface area contributed by atoms with Gasteiger partial charge in [0, 0.05) is 150 Å². The highest BCUT2D eigenvalue weighted by molar-refractivity contribution is 9.10. The van der Waals surface area contributed by atoms with Gasteiger partial charge in [-0.1, -0.05) is 123 Å². The molecule has 0 aliphatic heterocycles. The normalized spacial score (nSPS) is 19.1. The topological polar surface area (TPSA) is 0 Å². The summed E-state index contributed by atoms with van der Waals surface area (Å²) in [6.07, 6.45) is 1.50. The zero-order valence-electron chi connectivity index (χ0n) is 66.7. The Labute approximate surface area is 767 Å². The lowest BCUT2D eigenvalue weighted by molar-refractivity contribution is -0.254. The van der Waals surface area contributed by atoms with Gasteiger partial charge >= 0.3 is 71.1 Å². The summed E-state index contributed by atoms with van der Waals surface area (Å²) in [6.45, 7) is 20.4. The number of thiophene rings is 8. The minimum Gasteiger partial charge on any atom is -0.194 e. The van der Waals surface area contributed by atoms with Crippen LogP contribution in [0.3, 0.4) is 0 Å². The van der Waals surface area contributed by atoms with E-state index >= 15 is 35.1 Å². The Morgan fingerprint density at radius 2 is 0.476 bits per heavy atom. The Morgan fingerprint density at radius 3 is 0.714 bits per heavy atom. The van der Waals surface area contributed by atoms with Crippen LogP contribution in [-0.2, 0) is 6.42 Å². The molecule has 4 aromatic carbocycles. The number of rotatable bonds is 14. The van der Waals surface area contributed by atoms with Gasteiger partial charge < -0.3 is 0 Å². The van der Waals surface area contributed by atoms with Crippen LogP contribution >= 0.6 is 146 Å². The van der Waals surface area contributed by atoms with Gasteiger partial charge in [0.25, 0.3) is 0 Å². The zero-order valence-corrected chi connectivity index (χ0v) is 77.9. The standard InChI is InChI=1S/C27H16Br2F6S2.C27H16Cl2F6S2.C19H16F6S2.C17H14F6S2.2H2/c2*1-13-19(11-21(36-13)15-3-7-17(28)8-4-15)23-24(26(32,33)27(34,35)25(23,30)31)20-12-22(37-14(20)2)16-5-9-18(29)10-6-16;1-5-13-11(7-9(3)26-13)15-16(12-8-10(4)27-14(12)6-2)18(22,23)19(24,25)17(15,20)21;1-7-5-11(9(3)24-7)13-14(12-6-8(2)25-10(12)4)16(20,21)17(22,23)15(13,18)19;;/h2*3-12H,1-2H3;5,7-8H,1,6H2,2-4H3;5-6H,1-4H3;2*1H. The largest absolute Gasteiger partial charge is 0.380 e. The summed E-state index contributed by atoms with van der Waals surface area (Å²) < 4.78 is 358. The highest BCUT2D eigenvalue weighted by Gasteiger charge is 2.84. The molecule has 36 heteroatoms. The first-order valence-electron chi connectivity index (χ1n) is 37.2. The SMILES string of the molecule is C=Cc1sc(C)cc1C1=C(c2cc(C)sc2CC)C(F)(F)C(F)(F)C1(F)F.Cc1cc(C2=C(c3cc(C)sc3C)C(F)(F)C(F)(F)C2(F)F)c(C)s1.Cc1sc(-c2ccc(Br)cc2)cc1C1=C(c2cc(-c3ccc(Br)cc3)sc2C)C(F)(F)C(F)(F)C1(F)F.Cc1sc(-c2ccc(Cl)cc2)cc1C1=C(c2cc(-c3ccc(Cl)cc3)sc2C)C(F)(F)C(F)(F)C1(F)F.[HH].[HH]. The van der Waals surface area contributed by atoms with Gasteiger partial charge in [0.2, 0.25) is 0 Å². The van der Waals surface area contributed by atoms with Crippen molar-refractivity contribution in [2.45, 2.75) is 154 Å². The first-order valence-corrected chi connectivity index (χ1v) is 46.1. The van der Waals surface area contributed by atoms with Crippen LogP contribution in [0.5, 0.6) is 0 Å². The molecule has 0 saturated heterocycles. The minimum atomic E-state index is -5.62. The number of benzene rings is 4. The van der Waals surface area contributed by atoms with Gasteiger partial charge in [-0.05, 0) is 234 Å². The quantitative estimate of drug-likeness (QED) is 0.0952. The Hall–Kier alpha value is -6.96. The van der Waals surface area contributed by atoms with Crippen molar-refractivity contribution in [3.8, 4) is 41.8 Å². The fraction of sp³-hybridized carbons (Fsp3) is 0.267. The van der Waals surface area contributed by atoms with Crippen LogP contribution in [0.15, 0.2) is 161 Å². The molecule has 0 radical (unpaired) electrons. The van der Waals surface area contributed by atoms with Crippen molar-refractivity contribution in [1.29, 1.82) is 0 Å². The van der Waals surface area contributed by atoms with Gasteiger partial charge in [-0.15, -0.1) is 90.7 Å². The average Bonchev–Trinajstić information content (AvgIpc) is 1.54. The van der Waals surface area contributed by atoms with E-state index in [1.54, 1.807) is 132 Å². The highest BCUT2D eigenvalue weighted by Crippen LogP contribution is 2.71. The lowest BCUT2D eigenvalue weighted by Crippen LogP contribution is -2.48. The van der Waals surface area contributed by atoms with E-state index in [0.717, 1.165) is 99.6 Å².